The zero-order valence-corrected chi connectivity index (χ0v) is 12.7. The highest BCUT2D eigenvalue weighted by molar-refractivity contribution is 5.81. The molecule has 0 aromatic carbocycles. The average molecular weight is 271 g/mol. The van der Waals surface area contributed by atoms with Crippen molar-refractivity contribution in [3.8, 4) is 0 Å². The van der Waals surface area contributed by atoms with Crippen molar-refractivity contribution >= 4 is 12.1 Å². The lowest BCUT2D eigenvalue weighted by molar-refractivity contribution is -0.145. The molecule has 0 aliphatic rings. The molecule has 0 aromatic heterocycles. The third-order valence-corrected chi connectivity index (χ3v) is 2.02. The molecular weight excluding hydrogens is 246 g/mol. The minimum absolute atomic E-state index is 0.278. The van der Waals surface area contributed by atoms with Crippen LogP contribution in [0.15, 0.2) is 11.6 Å². The molecule has 0 heterocycles. The van der Waals surface area contributed by atoms with Crippen LogP contribution in [0.1, 0.15) is 48.0 Å². The molecule has 110 valence electrons. The summed E-state index contributed by atoms with van der Waals surface area (Å²) in [5.41, 5.74) is 0.472. The number of allylic oxidation sites excluding steroid dienone is 1. The molecule has 0 fully saturated rings. The maximum Gasteiger partial charge on any atom is 0.408 e. The molecule has 1 atom stereocenters. The van der Waals surface area contributed by atoms with E-state index < -0.39 is 23.7 Å². The minimum Gasteiger partial charge on any atom is -0.464 e. The number of ether oxygens (including phenoxy) is 2. The summed E-state index contributed by atoms with van der Waals surface area (Å²) in [6.07, 6.45) is 1.65. The molecule has 0 aromatic rings. The van der Waals surface area contributed by atoms with Crippen LogP contribution in [0.3, 0.4) is 0 Å². The number of hydrogen-bond donors (Lipinski definition) is 1. The van der Waals surface area contributed by atoms with Crippen LogP contribution >= 0.6 is 0 Å². The summed E-state index contributed by atoms with van der Waals surface area (Å²) >= 11 is 0. The van der Waals surface area contributed by atoms with Gasteiger partial charge in [0.1, 0.15) is 11.6 Å². The van der Waals surface area contributed by atoms with Crippen molar-refractivity contribution in [3.05, 3.63) is 11.6 Å². The Morgan fingerprint density at radius 3 is 2.26 bits per heavy atom. The lowest BCUT2D eigenvalue weighted by atomic mass is 10.1. The van der Waals surface area contributed by atoms with E-state index in [0.717, 1.165) is 5.57 Å². The van der Waals surface area contributed by atoms with Crippen LogP contribution in [-0.2, 0) is 14.3 Å². The lowest BCUT2D eigenvalue weighted by Crippen LogP contribution is -2.44. The molecule has 0 saturated carbocycles. The molecule has 1 amide bonds. The first-order valence-electron chi connectivity index (χ1n) is 6.45. The number of nitrogens with one attached hydrogen (secondary N) is 1. The normalized spacial score (nSPS) is 12.3. The molecular formula is C14H25NO4. The number of amides is 1. The Balaban J connectivity index is 4.62. The quantitative estimate of drug-likeness (QED) is 0.617. The van der Waals surface area contributed by atoms with E-state index in [-0.39, 0.29) is 6.61 Å². The smallest absolute Gasteiger partial charge is 0.408 e. The Kier molecular flexibility index (Phi) is 7.19. The standard InChI is InChI=1S/C14H25NO4/c1-7-18-12(16)11(9-8-10(2)3)15-13(17)19-14(4,5)6/h8,11H,7,9H2,1-6H3,(H,15,17)/t11-/m1/s1. The van der Waals surface area contributed by atoms with Gasteiger partial charge in [-0.15, -0.1) is 0 Å². The minimum atomic E-state index is -0.718. The van der Waals surface area contributed by atoms with Gasteiger partial charge in [-0.25, -0.2) is 9.59 Å². The zero-order chi connectivity index (χ0) is 15.1. The van der Waals surface area contributed by atoms with Crippen molar-refractivity contribution in [1.29, 1.82) is 0 Å². The van der Waals surface area contributed by atoms with Crippen molar-refractivity contribution in [2.45, 2.75) is 59.6 Å². The van der Waals surface area contributed by atoms with Crippen LogP contribution in [0, 0.1) is 0 Å². The Morgan fingerprint density at radius 2 is 1.84 bits per heavy atom. The summed E-state index contributed by atoms with van der Waals surface area (Å²) in [5, 5.41) is 2.53. The van der Waals surface area contributed by atoms with Crippen LogP contribution in [-0.4, -0.2) is 30.3 Å². The molecule has 0 bridgehead atoms. The van der Waals surface area contributed by atoms with Gasteiger partial charge in [-0.1, -0.05) is 11.6 Å². The SMILES string of the molecule is CCOC(=O)[C@@H](CC=C(C)C)NC(=O)OC(C)(C)C. The molecule has 0 rings (SSSR count). The van der Waals surface area contributed by atoms with E-state index in [9.17, 15) is 9.59 Å². The second-order valence-electron chi connectivity index (χ2n) is 5.47. The van der Waals surface area contributed by atoms with Gasteiger partial charge in [-0.2, -0.15) is 0 Å². The fourth-order valence-electron chi connectivity index (χ4n) is 1.26. The highest BCUT2D eigenvalue weighted by atomic mass is 16.6. The van der Waals surface area contributed by atoms with E-state index in [2.05, 4.69) is 5.32 Å². The monoisotopic (exact) mass is 271 g/mol. The van der Waals surface area contributed by atoms with Crippen molar-refractivity contribution in [3.63, 3.8) is 0 Å². The zero-order valence-electron chi connectivity index (χ0n) is 12.7. The van der Waals surface area contributed by atoms with Gasteiger partial charge in [0.05, 0.1) is 6.61 Å². The molecule has 0 radical (unpaired) electrons. The van der Waals surface area contributed by atoms with Crippen LogP contribution < -0.4 is 5.32 Å². The molecule has 1 N–H and O–H groups in total. The van der Waals surface area contributed by atoms with Crippen LogP contribution in [0.4, 0.5) is 4.79 Å². The topological polar surface area (TPSA) is 64.6 Å². The average Bonchev–Trinajstić information content (AvgIpc) is 2.21. The number of alkyl carbamates (subject to hydrolysis) is 1. The van der Waals surface area contributed by atoms with Crippen LogP contribution in [0.2, 0.25) is 0 Å². The first-order chi connectivity index (χ1) is 8.65. The van der Waals surface area contributed by atoms with Gasteiger partial charge in [0.25, 0.3) is 0 Å². The molecule has 5 heteroatoms. The van der Waals surface area contributed by atoms with Gasteiger partial charge in [0, 0.05) is 0 Å². The first-order valence-corrected chi connectivity index (χ1v) is 6.45. The summed E-state index contributed by atoms with van der Waals surface area (Å²) in [5.74, 6) is -0.453. The molecule has 19 heavy (non-hydrogen) atoms. The maximum atomic E-state index is 11.7. The van der Waals surface area contributed by atoms with Crippen molar-refractivity contribution in [2.24, 2.45) is 0 Å². The van der Waals surface area contributed by atoms with Gasteiger partial charge in [0.15, 0.2) is 0 Å². The van der Waals surface area contributed by atoms with Gasteiger partial charge < -0.3 is 14.8 Å². The summed E-state index contributed by atoms with van der Waals surface area (Å²) in [4.78, 5) is 23.4. The second-order valence-corrected chi connectivity index (χ2v) is 5.47. The fourth-order valence-corrected chi connectivity index (χ4v) is 1.26. The van der Waals surface area contributed by atoms with E-state index in [1.807, 2.05) is 19.9 Å². The maximum absolute atomic E-state index is 11.7. The van der Waals surface area contributed by atoms with Crippen molar-refractivity contribution < 1.29 is 19.1 Å². The number of carbonyl (C=O) groups is 2. The summed E-state index contributed by atoms with van der Waals surface area (Å²) in [6.45, 7) is 11.2. The Hall–Kier alpha value is -1.52. The van der Waals surface area contributed by atoms with Crippen molar-refractivity contribution in [2.75, 3.05) is 6.61 Å². The van der Waals surface area contributed by atoms with E-state index >= 15 is 0 Å². The Labute approximate surface area is 115 Å². The lowest BCUT2D eigenvalue weighted by Gasteiger charge is -2.22. The Morgan fingerprint density at radius 1 is 1.26 bits per heavy atom. The number of rotatable bonds is 5. The number of esters is 1. The fraction of sp³-hybridized carbons (Fsp3) is 0.714. The van der Waals surface area contributed by atoms with Crippen LogP contribution in [0.25, 0.3) is 0 Å². The first kappa shape index (κ1) is 17.5. The van der Waals surface area contributed by atoms with Gasteiger partial charge >= 0.3 is 12.1 Å². The third-order valence-electron chi connectivity index (χ3n) is 2.02. The molecule has 0 aliphatic heterocycles. The molecule has 0 spiro atoms. The summed E-state index contributed by atoms with van der Waals surface area (Å²) < 4.78 is 10.1. The molecule has 5 nitrogen and oxygen atoms in total. The van der Waals surface area contributed by atoms with Gasteiger partial charge in [-0.05, 0) is 48.0 Å². The summed E-state index contributed by atoms with van der Waals surface area (Å²) in [6, 6.07) is -0.718. The highest BCUT2D eigenvalue weighted by Gasteiger charge is 2.24. The third kappa shape index (κ3) is 9.11. The molecule has 0 aliphatic carbocycles. The van der Waals surface area contributed by atoms with E-state index in [0.29, 0.717) is 6.42 Å². The van der Waals surface area contributed by atoms with E-state index in [4.69, 9.17) is 9.47 Å². The highest BCUT2D eigenvalue weighted by Crippen LogP contribution is 2.08. The van der Waals surface area contributed by atoms with Crippen LogP contribution in [0.5, 0.6) is 0 Å². The van der Waals surface area contributed by atoms with E-state index in [1.54, 1.807) is 27.7 Å². The summed E-state index contributed by atoms with van der Waals surface area (Å²) in [7, 11) is 0. The Bertz CT molecular complexity index is 338. The molecule has 0 saturated heterocycles. The predicted molar refractivity (Wildman–Crippen MR) is 73.8 cm³/mol. The predicted octanol–water partition coefficient (Wildman–Crippen LogP) is 2.80. The second kappa shape index (κ2) is 7.81. The van der Waals surface area contributed by atoms with E-state index in [1.165, 1.54) is 0 Å². The van der Waals surface area contributed by atoms with Gasteiger partial charge in [-0.3, -0.25) is 0 Å². The number of hydrogen-bond acceptors (Lipinski definition) is 4. The molecule has 0 unspecified atom stereocenters. The van der Waals surface area contributed by atoms with Crippen molar-refractivity contribution in [1.82, 2.24) is 5.32 Å². The van der Waals surface area contributed by atoms with Gasteiger partial charge in [0.2, 0.25) is 0 Å². The number of carbonyl (C=O) groups excluding carboxylic acids is 2. The largest absolute Gasteiger partial charge is 0.464 e.